The van der Waals surface area contributed by atoms with Crippen molar-refractivity contribution in [2.75, 3.05) is 0 Å². The Balaban J connectivity index is 1.82. The predicted octanol–water partition coefficient (Wildman–Crippen LogP) is 6.21. The summed E-state index contributed by atoms with van der Waals surface area (Å²) in [5.41, 5.74) is 3.96. The molecule has 1 atom stereocenters. The fourth-order valence-electron chi connectivity index (χ4n) is 4.14. The van der Waals surface area contributed by atoms with Crippen LogP contribution in [0.5, 0.6) is 5.75 Å². The van der Waals surface area contributed by atoms with E-state index >= 15 is 0 Å². The Morgan fingerprint density at radius 3 is 2.15 bits per heavy atom. The fraction of sp³-hybridized carbons (Fsp3) is 0.214. The predicted molar refractivity (Wildman–Crippen MR) is 132 cm³/mol. The van der Waals surface area contributed by atoms with Gasteiger partial charge in [0.05, 0.1) is 6.04 Å². The van der Waals surface area contributed by atoms with E-state index in [1.54, 1.807) is 24.3 Å². The van der Waals surface area contributed by atoms with Gasteiger partial charge in [0.1, 0.15) is 23.0 Å². The van der Waals surface area contributed by atoms with Crippen LogP contribution in [0.3, 0.4) is 0 Å². The van der Waals surface area contributed by atoms with Gasteiger partial charge in [0.25, 0.3) is 5.91 Å². The number of carbonyl (C=O) groups excluding carboxylic acids is 1. The van der Waals surface area contributed by atoms with E-state index in [1.807, 2.05) is 72.2 Å². The van der Waals surface area contributed by atoms with Crippen molar-refractivity contribution in [1.82, 2.24) is 14.9 Å². The van der Waals surface area contributed by atoms with Crippen molar-refractivity contribution >= 4 is 5.91 Å². The van der Waals surface area contributed by atoms with Crippen LogP contribution in [0.2, 0.25) is 0 Å². The third-order valence-electron chi connectivity index (χ3n) is 5.76. The van der Waals surface area contributed by atoms with Gasteiger partial charge in [0.15, 0.2) is 0 Å². The van der Waals surface area contributed by atoms with Gasteiger partial charge in [-0.15, -0.1) is 0 Å². The molecule has 5 nitrogen and oxygen atoms in total. The molecule has 0 radical (unpaired) electrons. The fourth-order valence-corrected chi connectivity index (χ4v) is 4.14. The Morgan fingerprint density at radius 2 is 1.55 bits per heavy atom. The second kappa shape index (κ2) is 10.2. The zero-order valence-corrected chi connectivity index (χ0v) is 19.0. The molecule has 3 aromatic carbocycles. The number of imidazole rings is 1. The van der Waals surface area contributed by atoms with E-state index in [-0.39, 0.29) is 17.7 Å². The van der Waals surface area contributed by atoms with Crippen molar-refractivity contribution in [3.05, 3.63) is 96.2 Å². The number of carbonyl (C=O) groups is 1. The molecule has 5 heteroatoms. The number of nitrogens with zero attached hydrogens (tertiary/aromatic N) is 2. The maximum Gasteiger partial charge on any atom is 0.270 e. The van der Waals surface area contributed by atoms with E-state index < -0.39 is 0 Å². The van der Waals surface area contributed by atoms with Gasteiger partial charge in [0.2, 0.25) is 0 Å². The highest BCUT2D eigenvalue weighted by atomic mass is 16.3. The van der Waals surface area contributed by atoms with Crippen LogP contribution in [-0.2, 0) is 6.54 Å². The van der Waals surface area contributed by atoms with Gasteiger partial charge < -0.3 is 15.0 Å². The molecule has 0 saturated carbocycles. The monoisotopic (exact) mass is 439 g/mol. The summed E-state index contributed by atoms with van der Waals surface area (Å²) in [4.78, 5) is 18.7. The number of aromatic hydroxyl groups is 1. The zero-order valence-electron chi connectivity index (χ0n) is 19.0. The highest BCUT2D eigenvalue weighted by Gasteiger charge is 2.26. The second-order valence-corrected chi connectivity index (χ2v) is 8.02. The van der Waals surface area contributed by atoms with Gasteiger partial charge >= 0.3 is 0 Å². The molecular weight excluding hydrogens is 410 g/mol. The van der Waals surface area contributed by atoms with Crippen LogP contribution in [0.4, 0.5) is 0 Å². The zero-order chi connectivity index (χ0) is 23.2. The Labute approximate surface area is 194 Å². The van der Waals surface area contributed by atoms with Crippen LogP contribution in [-0.4, -0.2) is 20.6 Å². The lowest BCUT2D eigenvalue weighted by Gasteiger charge is -2.20. The molecule has 1 heterocycles. The Kier molecular flexibility index (Phi) is 6.89. The number of hydrogen-bond donors (Lipinski definition) is 2. The molecule has 33 heavy (non-hydrogen) atoms. The standard InChI is InChI=1S/C28H29N3O2/c1-3-11-24(20-12-7-5-8-13-20)29-28(33)26-25(21-16-18-23(32)19-17-21)30-27(31(26)4-2)22-14-9-6-10-15-22/h5-10,12-19,24,32H,3-4,11H2,1-2H3,(H,29,33). The number of hydrogen-bond acceptors (Lipinski definition) is 3. The van der Waals surface area contributed by atoms with Gasteiger partial charge in [-0.2, -0.15) is 0 Å². The first-order chi connectivity index (χ1) is 16.1. The molecular formula is C28H29N3O2. The molecule has 0 aliphatic heterocycles. The van der Waals surface area contributed by atoms with Gasteiger partial charge in [-0.05, 0) is 43.2 Å². The average molecular weight is 440 g/mol. The third-order valence-corrected chi connectivity index (χ3v) is 5.76. The summed E-state index contributed by atoms with van der Waals surface area (Å²) in [6.07, 6.45) is 1.79. The Hall–Kier alpha value is -3.86. The highest BCUT2D eigenvalue weighted by Crippen LogP contribution is 2.31. The van der Waals surface area contributed by atoms with Crippen molar-refractivity contribution in [2.45, 2.75) is 39.3 Å². The third kappa shape index (κ3) is 4.82. The summed E-state index contributed by atoms with van der Waals surface area (Å²) in [6, 6.07) is 26.7. The van der Waals surface area contributed by atoms with Crippen molar-refractivity contribution in [1.29, 1.82) is 0 Å². The average Bonchev–Trinajstić information content (AvgIpc) is 3.25. The first-order valence-corrected chi connectivity index (χ1v) is 11.4. The number of nitrogens with one attached hydrogen (secondary N) is 1. The lowest BCUT2D eigenvalue weighted by molar-refractivity contribution is 0.0926. The normalized spacial score (nSPS) is 11.8. The van der Waals surface area contributed by atoms with Crippen LogP contribution < -0.4 is 5.32 Å². The van der Waals surface area contributed by atoms with E-state index in [2.05, 4.69) is 12.2 Å². The minimum absolute atomic E-state index is 0.0863. The maximum atomic E-state index is 13.8. The minimum Gasteiger partial charge on any atom is -0.508 e. The SMILES string of the molecule is CCCC(NC(=O)c1c(-c2ccc(O)cc2)nc(-c2ccccc2)n1CC)c1ccccc1. The molecule has 1 amide bonds. The van der Waals surface area contributed by atoms with Crippen molar-refractivity contribution in [2.24, 2.45) is 0 Å². The van der Waals surface area contributed by atoms with Gasteiger partial charge in [-0.1, -0.05) is 74.0 Å². The molecule has 0 spiro atoms. The molecule has 1 unspecified atom stereocenters. The summed E-state index contributed by atoms with van der Waals surface area (Å²) in [5.74, 6) is 0.769. The first kappa shape index (κ1) is 22.3. The molecule has 2 N–H and O–H groups in total. The van der Waals surface area contributed by atoms with Crippen LogP contribution in [0.1, 0.15) is 48.8 Å². The summed E-state index contributed by atoms with van der Waals surface area (Å²) in [5, 5.41) is 13.0. The molecule has 0 aliphatic carbocycles. The molecule has 4 aromatic rings. The maximum absolute atomic E-state index is 13.8. The van der Waals surface area contributed by atoms with E-state index in [0.29, 0.717) is 17.9 Å². The molecule has 0 fully saturated rings. The van der Waals surface area contributed by atoms with Crippen molar-refractivity contribution < 1.29 is 9.90 Å². The molecule has 168 valence electrons. The quantitative estimate of drug-likeness (QED) is 0.343. The number of amides is 1. The highest BCUT2D eigenvalue weighted by molar-refractivity contribution is 5.99. The Bertz CT molecular complexity index is 1200. The number of aromatic nitrogens is 2. The molecule has 0 saturated heterocycles. The molecule has 4 rings (SSSR count). The first-order valence-electron chi connectivity index (χ1n) is 11.4. The van der Waals surface area contributed by atoms with E-state index in [0.717, 1.165) is 35.4 Å². The number of benzene rings is 3. The summed E-state index contributed by atoms with van der Waals surface area (Å²) >= 11 is 0. The van der Waals surface area contributed by atoms with Crippen LogP contribution in [0, 0.1) is 0 Å². The minimum atomic E-state index is -0.156. The largest absolute Gasteiger partial charge is 0.508 e. The van der Waals surface area contributed by atoms with Crippen molar-refractivity contribution in [3.8, 4) is 28.4 Å². The summed E-state index contributed by atoms with van der Waals surface area (Å²) in [7, 11) is 0. The summed E-state index contributed by atoms with van der Waals surface area (Å²) in [6.45, 7) is 4.74. The van der Waals surface area contributed by atoms with Crippen LogP contribution >= 0.6 is 0 Å². The van der Waals surface area contributed by atoms with Gasteiger partial charge in [0, 0.05) is 17.7 Å². The number of phenols is 1. The summed E-state index contributed by atoms with van der Waals surface area (Å²) < 4.78 is 1.97. The number of phenolic OH excluding ortho intramolecular Hbond substituents is 1. The van der Waals surface area contributed by atoms with E-state index in [4.69, 9.17) is 4.98 Å². The van der Waals surface area contributed by atoms with E-state index in [1.165, 1.54) is 0 Å². The molecule has 1 aromatic heterocycles. The van der Waals surface area contributed by atoms with Crippen LogP contribution in [0.25, 0.3) is 22.6 Å². The van der Waals surface area contributed by atoms with Gasteiger partial charge in [-0.25, -0.2) is 4.98 Å². The lowest BCUT2D eigenvalue weighted by atomic mass is 10.0. The van der Waals surface area contributed by atoms with Crippen molar-refractivity contribution in [3.63, 3.8) is 0 Å². The Morgan fingerprint density at radius 1 is 0.909 bits per heavy atom. The van der Waals surface area contributed by atoms with Crippen LogP contribution in [0.15, 0.2) is 84.9 Å². The smallest absolute Gasteiger partial charge is 0.270 e. The van der Waals surface area contributed by atoms with Gasteiger partial charge in [-0.3, -0.25) is 4.79 Å². The number of rotatable bonds is 8. The second-order valence-electron chi connectivity index (χ2n) is 8.02. The van der Waals surface area contributed by atoms with E-state index in [9.17, 15) is 9.90 Å². The lowest BCUT2D eigenvalue weighted by Crippen LogP contribution is -2.30. The molecule has 0 bridgehead atoms. The topological polar surface area (TPSA) is 67.2 Å². The molecule has 0 aliphatic rings.